The lowest BCUT2D eigenvalue weighted by Crippen LogP contribution is -2.49. The molecule has 0 unspecified atom stereocenters. The monoisotopic (exact) mass is 340 g/mol. The number of amides is 1. The Hall–Kier alpha value is -0.100. The van der Waals surface area contributed by atoms with Crippen LogP contribution < -0.4 is 11.1 Å². The van der Waals surface area contributed by atoms with Crippen molar-refractivity contribution in [2.24, 2.45) is 5.73 Å². The van der Waals surface area contributed by atoms with Gasteiger partial charge >= 0.3 is 0 Å². The van der Waals surface area contributed by atoms with E-state index in [9.17, 15) is 4.79 Å². The molecule has 0 atom stereocenters. The molecule has 0 radical (unpaired) electrons. The minimum absolute atomic E-state index is 0. The Morgan fingerprint density at radius 1 is 1.53 bits per heavy atom. The van der Waals surface area contributed by atoms with E-state index in [0.717, 1.165) is 17.3 Å². The molecule has 0 aliphatic rings. The van der Waals surface area contributed by atoms with Crippen molar-refractivity contribution in [3.05, 3.63) is 20.8 Å². The van der Waals surface area contributed by atoms with E-state index in [1.54, 1.807) is 0 Å². The SMILES string of the molecule is CCC(N)(CC)CNC(=O)c1sccc1Br.Cl. The van der Waals surface area contributed by atoms with Gasteiger partial charge in [-0.1, -0.05) is 13.8 Å². The van der Waals surface area contributed by atoms with Gasteiger partial charge in [-0.15, -0.1) is 23.7 Å². The smallest absolute Gasteiger partial charge is 0.262 e. The van der Waals surface area contributed by atoms with Gasteiger partial charge in [0.05, 0.1) is 0 Å². The number of carbonyl (C=O) groups excluding carboxylic acids is 1. The maximum atomic E-state index is 11.8. The van der Waals surface area contributed by atoms with Gasteiger partial charge in [0.15, 0.2) is 0 Å². The normalized spacial score (nSPS) is 10.8. The average molecular weight is 342 g/mol. The predicted octanol–water partition coefficient (Wildman–Crippen LogP) is 3.18. The van der Waals surface area contributed by atoms with Crippen LogP contribution in [0.3, 0.4) is 0 Å². The first-order valence-corrected chi connectivity index (χ1v) is 6.99. The fourth-order valence-corrected chi connectivity index (χ4v) is 2.76. The fraction of sp³-hybridized carbons (Fsp3) is 0.545. The lowest BCUT2D eigenvalue weighted by Gasteiger charge is -2.26. The molecular formula is C11H18BrClN2OS. The van der Waals surface area contributed by atoms with Gasteiger partial charge in [-0.2, -0.15) is 0 Å². The number of hydrogen-bond acceptors (Lipinski definition) is 3. The number of nitrogens with two attached hydrogens (primary N) is 1. The molecule has 3 N–H and O–H groups in total. The second kappa shape index (κ2) is 7.36. The van der Waals surface area contributed by atoms with Crippen molar-refractivity contribution in [1.82, 2.24) is 5.32 Å². The molecule has 0 saturated heterocycles. The van der Waals surface area contributed by atoms with Crippen molar-refractivity contribution in [3.63, 3.8) is 0 Å². The van der Waals surface area contributed by atoms with E-state index in [4.69, 9.17) is 5.73 Å². The Kier molecular flexibility index (Phi) is 7.32. The molecule has 1 heterocycles. The molecular weight excluding hydrogens is 324 g/mol. The summed E-state index contributed by atoms with van der Waals surface area (Å²) in [6.07, 6.45) is 1.71. The van der Waals surface area contributed by atoms with Crippen molar-refractivity contribution in [1.29, 1.82) is 0 Å². The molecule has 0 bridgehead atoms. The fourth-order valence-electron chi connectivity index (χ4n) is 1.29. The molecule has 0 aromatic carbocycles. The van der Waals surface area contributed by atoms with Crippen LogP contribution in [0.25, 0.3) is 0 Å². The van der Waals surface area contributed by atoms with Gasteiger partial charge in [-0.3, -0.25) is 4.79 Å². The Morgan fingerprint density at radius 3 is 2.53 bits per heavy atom. The van der Waals surface area contributed by atoms with Crippen molar-refractivity contribution in [2.45, 2.75) is 32.2 Å². The second-order valence-electron chi connectivity index (χ2n) is 3.85. The maximum Gasteiger partial charge on any atom is 0.262 e. The zero-order chi connectivity index (χ0) is 12.2. The molecule has 17 heavy (non-hydrogen) atoms. The summed E-state index contributed by atoms with van der Waals surface area (Å²) in [5.74, 6) is -0.0569. The van der Waals surface area contributed by atoms with Crippen LogP contribution in [0.2, 0.25) is 0 Å². The number of nitrogens with one attached hydrogen (secondary N) is 1. The first-order valence-electron chi connectivity index (χ1n) is 5.32. The van der Waals surface area contributed by atoms with Crippen LogP contribution in [-0.4, -0.2) is 18.0 Å². The summed E-state index contributed by atoms with van der Waals surface area (Å²) in [6, 6.07) is 1.87. The van der Waals surface area contributed by atoms with Gasteiger partial charge in [0, 0.05) is 16.6 Å². The van der Waals surface area contributed by atoms with Crippen molar-refractivity contribution in [2.75, 3.05) is 6.54 Å². The zero-order valence-corrected chi connectivity index (χ0v) is 13.2. The molecule has 0 aliphatic carbocycles. The number of carbonyl (C=O) groups is 1. The minimum Gasteiger partial charge on any atom is -0.349 e. The topological polar surface area (TPSA) is 55.1 Å². The van der Waals surface area contributed by atoms with Crippen molar-refractivity contribution in [3.8, 4) is 0 Å². The molecule has 1 amide bonds. The van der Waals surface area contributed by atoms with Crippen LogP contribution in [0.15, 0.2) is 15.9 Å². The summed E-state index contributed by atoms with van der Waals surface area (Å²) < 4.78 is 0.839. The van der Waals surface area contributed by atoms with Gasteiger partial charge in [0.1, 0.15) is 4.88 Å². The van der Waals surface area contributed by atoms with Gasteiger partial charge in [0.25, 0.3) is 5.91 Å². The van der Waals surface area contributed by atoms with Gasteiger partial charge < -0.3 is 11.1 Å². The molecule has 0 aliphatic heterocycles. The first kappa shape index (κ1) is 16.9. The molecule has 1 rings (SSSR count). The number of thiophene rings is 1. The molecule has 3 nitrogen and oxygen atoms in total. The molecule has 98 valence electrons. The third-order valence-electron chi connectivity index (χ3n) is 2.83. The van der Waals surface area contributed by atoms with Gasteiger partial charge in [0.2, 0.25) is 0 Å². The second-order valence-corrected chi connectivity index (χ2v) is 5.62. The Balaban J connectivity index is 0.00000256. The summed E-state index contributed by atoms with van der Waals surface area (Å²) in [7, 11) is 0. The van der Waals surface area contributed by atoms with Crippen LogP contribution >= 0.6 is 39.7 Å². The van der Waals surface area contributed by atoms with Crippen LogP contribution in [0.4, 0.5) is 0 Å². The van der Waals surface area contributed by atoms with E-state index in [0.29, 0.717) is 11.4 Å². The minimum atomic E-state index is -0.292. The van der Waals surface area contributed by atoms with Crippen LogP contribution in [0.5, 0.6) is 0 Å². The third-order valence-corrected chi connectivity index (χ3v) is 4.67. The predicted molar refractivity (Wildman–Crippen MR) is 79.1 cm³/mol. The van der Waals surface area contributed by atoms with E-state index in [2.05, 4.69) is 21.2 Å². The summed E-state index contributed by atoms with van der Waals surface area (Å²) in [6.45, 7) is 4.59. The Morgan fingerprint density at radius 2 is 2.12 bits per heavy atom. The van der Waals surface area contributed by atoms with E-state index >= 15 is 0 Å². The third kappa shape index (κ3) is 4.58. The highest BCUT2D eigenvalue weighted by atomic mass is 79.9. The summed E-state index contributed by atoms with van der Waals surface area (Å²) in [5.41, 5.74) is 5.82. The summed E-state index contributed by atoms with van der Waals surface area (Å²) in [5, 5.41) is 4.77. The van der Waals surface area contributed by atoms with Crippen LogP contribution in [0.1, 0.15) is 36.4 Å². The van der Waals surface area contributed by atoms with E-state index < -0.39 is 0 Å². The molecule has 1 aromatic rings. The molecule has 0 fully saturated rings. The van der Waals surface area contributed by atoms with Crippen LogP contribution in [0, 0.1) is 0 Å². The van der Waals surface area contributed by atoms with Crippen LogP contribution in [-0.2, 0) is 0 Å². The van der Waals surface area contributed by atoms with Gasteiger partial charge in [-0.25, -0.2) is 0 Å². The molecule has 0 spiro atoms. The Bertz CT molecular complexity index is 366. The molecule has 1 aromatic heterocycles. The Labute approximate surface area is 121 Å². The quantitative estimate of drug-likeness (QED) is 0.864. The van der Waals surface area contributed by atoms with Gasteiger partial charge in [-0.05, 0) is 40.2 Å². The largest absolute Gasteiger partial charge is 0.349 e. The lowest BCUT2D eigenvalue weighted by atomic mass is 9.94. The van der Waals surface area contributed by atoms with E-state index in [1.807, 2.05) is 25.3 Å². The number of rotatable bonds is 5. The van der Waals surface area contributed by atoms with Crippen molar-refractivity contribution < 1.29 is 4.79 Å². The summed E-state index contributed by atoms with van der Waals surface area (Å²) >= 11 is 4.76. The van der Waals surface area contributed by atoms with Crippen molar-refractivity contribution >= 4 is 45.6 Å². The average Bonchev–Trinajstić information content (AvgIpc) is 2.72. The van der Waals surface area contributed by atoms with E-state index in [-0.39, 0.29) is 23.9 Å². The standard InChI is InChI=1S/C11H17BrN2OS.ClH/c1-3-11(13,4-2)7-14-10(15)9-8(12)5-6-16-9;/h5-6H,3-4,7,13H2,1-2H3,(H,14,15);1H. The molecule has 6 heteroatoms. The zero-order valence-electron chi connectivity index (χ0n) is 9.96. The summed E-state index contributed by atoms with van der Waals surface area (Å²) in [4.78, 5) is 12.5. The highest BCUT2D eigenvalue weighted by Gasteiger charge is 2.22. The highest BCUT2D eigenvalue weighted by molar-refractivity contribution is 9.10. The number of hydrogen-bond donors (Lipinski definition) is 2. The highest BCUT2D eigenvalue weighted by Crippen LogP contribution is 2.22. The first-order chi connectivity index (χ1) is 7.52. The molecule has 0 saturated carbocycles. The maximum absolute atomic E-state index is 11.8. The lowest BCUT2D eigenvalue weighted by molar-refractivity contribution is 0.0945. The number of halogens is 2. The van der Waals surface area contributed by atoms with E-state index in [1.165, 1.54) is 11.3 Å².